The number of nitro groups is 1. The SMILES string of the molecule is C[N+](C)(C)CCO.O=C([O-])Oc1ccc([N+](=O)[O-])cc1. The van der Waals surface area contributed by atoms with Gasteiger partial charge in [0, 0.05) is 12.1 Å². The summed E-state index contributed by atoms with van der Waals surface area (Å²) >= 11 is 0. The molecule has 8 heteroatoms. The first-order valence-electron chi connectivity index (χ1n) is 5.70. The standard InChI is InChI=1S/C7H5NO5.C5H14NO/c9-7(10)13-6-3-1-5(2-4-6)8(11)12;1-6(2,3)4-5-7/h1-4H,(H,9,10);7H,4-5H2,1-3H3/q;+1/p-1. The molecule has 0 saturated carbocycles. The summed E-state index contributed by atoms with van der Waals surface area (Å²) in [5.74, 6) is -0.00870. The maximum absolute atomic E-state index is 10.2. The zero-order chi connectivity index (χ0) is 15.8. The molecular weight excluding hydrogens is 268 g/mol. The van der Waals surface area contributed by atoms with Crippen LogP contribution in [0.5, 0.6) is 5.75 Å². The first kappa shape index (κ1) is 17.8. The molecule has 0 unspecified atom stereocenters. The summed E-state index contributed by atoms with van der Waals surface area (Å²) < 4.78 is 4.98. The Hall–Kier alpha value is -2.19. The second kappa shape index (κ2) is 8.08. The summed E-state index contributed by atoms with van der Waals surface area (Å²) in [6, 6.07) is 4.62. The molecule has 0 fully saturated rings. The van der Waals surface area contributed by atoms with Crippen molar-refractivity contribution in [2.75, 3.05) is 34.3 Å². The van der Waals surface area contributed by atoms with Gasteiger partial charge in [-0.25, -0.2) is 0 Å². The topological polar surface area (TPSA) is 113 Å². The van der Waals surface area contributed by atoms with E-state index in [1.54, 1.807) is 0 Å². The molecule has 112 valence electrons. The smallest absolute Gasteiger partial charge is 0.269 e. The molecule has 20 heavy (non-hydrogen) atoms. The third-order valence-electron chi connectivity index (χ3n) is 2.02. The third kappa shape index (κ3) is 8.84. The second-order valence-electron chi connectivity index (χ2n) is 4.84. The van der Waals surface area contributed by atoms with Crippen LogP contribution in [-0.4, -0.2) is 55.0 Å². The number of hydrogen-bond donors (Lipinski definition) is 1. The highest BCUT2D eigenvalue weighted by Gasteiger charge is 2.03. The zero-order valence-corrected chi connectivity index (χ0v) is 11.6. The van der Waals surface area contributed by atoms with E-state index in [1.165, 1.54) is 12.1 Å². The van der Waals surface area contributed by atoms with E-state index in [-0.39, 0.29) is 18.0 Å². The van der Waals surface area contributed by atoms with Crippen molar-refractivity contribution in [2.45, 2.75) is 0 Å². The lowest BCUT2D eigenvalue weighted by molar-refractivity contribution is -0.870. The number of aliphatic hydroxyl groups is 1. The Morgan fingerprint density at radius 1 is 1.30 bits per heavy atom. The summed E-state index contributed by atoms with van der Waals surface area (Å²) in [6.45, 7) is 1.11. The van der Waals surface area contributed by atoms with E-state index in [0.29, 0.717) is 0 Å². The Morgan fingerprint density at radius 2 is 1.80 bits per heavy atom. The molecule has 1 N–H and O–H groups in total. The zero-order valence-electron chi connectivity index (χ0n) is 11.6. The Balaban J connectivity index is 0.000000441. The van der Waals surface area contributed by atoms with Crippen LogP contribution in [0.2, 0.25) is 0 Å². The molecule has 0 aliphatic rings. The molecule has 0 bridgehead atoms. The van der Waals surface area contributed by atoms with Gasteiger partial charge >= 0.3 is 0 Å². The lowest BCUT2D eigenvalue weighted by atomic mass is 10.3. The lowest BCUT2D eigenvalue weighted by Crippen LogP contribution is -2.36. The summed E-state index contributed by atoms with van der Waals surface area (Å²) in [7, 11) is 6.16. The molecule has 0 atom stereocenters. The van der Waals surface area contributed by atoms with Crippen molar-refractivity contribution >= 4 is 11.8 Å². The number of ether oxygens (including phenoxy) is 1. The third-order valence-corrected chi connectivity index (χ3v) is 2.02. The van der Waals surface area contributed by atoms with Crippen molar-refractivity contribution in [3.05, 3.63) is 34.4 Å². The number of carbonyl (C=O) groups is 1. The normalized spacial score (nSPS) is 10.2. The van der Waals surface area contributed by atoms with Crippen LogP contribution in [0, 0.1) is 10.1 Å². The number of non-ortho nitro benzene ring substituents is 1. The number of nitro benzene ring substituents is 1. The number of likely N-dealkylation sites (N-methyl/N-ethyl adjacent to an activating group) is 1. The van der Waals surface area contributed by atoms with Gasteiger partial charge in [-0.1, -0.05) is 0 Å². The quantitative estimate of drug-likeness (QED) is 0.274. The summed E-state index contributed by atoms with van der Waals surface area (Å²) in [5, 5.41) is 28.5. The van der Waals surface area contributed by atoms with Crippen molar-refractivity contribution in [3.63, 3.8) is 0 Å². The Labute approximate surface area is 116 Å². The lowest BCUT2D eigenvalue weighted by Gasteiger charge is -2.21. The molecule has 0 aromatic heterocycles. The van der Waals surface area contributed by atoms with Gasteiger partial charge in [0.25, 0.3) is 11.8 Å². The number of carboxylic acid groups (broad SMARTS) is 1. The van der Waals surface area contributed by atoms with Gasteiger partial charge in [0.2, 0.25) is 0 Å². The number of hydrogen-bond acceptors (Lipinski definition) is 6. The predicted molar refractivity (Wildman–Crippen MR) is 69.1 cm³/mol. The average molecular weight is 286 g/mol. The van der Waals surface area contributed by atoms with Crippen LogP contribution < -0.4 is 9.84 Å². The van der Waals surface area contributed by atoms with E-state index in [0.717, 1.165) is 23.2 Å². The van der Waals surface area contributed by atoms with Crippen molar-refractivity contribution in [1.29, 1.82) is 0 Å². The number of quaternary nitrogens is 1. The summed E-state index contributed by atoms with van der Waals surface area (Å²) in [4.78, 5) is 19.5. The Kier molecular flexibility index (Phi) is 7.19. The monoisotopic (exact) mass is 286 g/mol. The highest BCUT2D eigenvalue weighted by Crippen LogP contribution is 2.16. The van der Waals surface area contributed by atoms with Crippen LogP contribution in [0.25, 0.3) is 0 Å². The minimum atomic E-state index is -1.70. The number of benzene rings is 1. The number of rotatable bonds is 4. The van der Waals surface area contributed by atoms with E-state index in [1.807, 2.05) is 0 Å². The highest BCUT2D eigenvalue weighted by molar-refractivity contribution is 5.59. The molecule has 0 saturated heterocycles. The second-order valence-corrected chi connectivity index (χ2v) is 4.84. The van der Waals surface area contributed by atoms with Crippen LogP contribution >= 0.6 is 0 Å². The van der Waals surface area contributed by atoms with Gasteiger partial charge in [0.05, 0.1) is 38.4 Å². The van der Waals surface area contributed by atoms with Gasteiger partial charge in [0.15, 0.2) is 0 Å². The van der Waals surface area contributed by atoms with E-state index < -0.39 is 11.1 Å². The maximum atomic E-state index is 10.2. The van der Waals surface area contributed by atoms with Crippen LogP contribution in [0.1, 0.15) is 0 Å². The fourth-order valence-corrected chi connectivity index (χ4v) is 1.03. The van der Waals surface area contributed by atoms with Gasteiger partial charge in [-0.15, -0.1) is 0 Å². The number of aliphatic hydroxyl groups excluding tert-OH is 1. The highest BCUT2D eigenvalue weighted by atomic mass is 16.7. The molecule has 1 aromatic rings. The van der Waals surface area contributed by atoms with Crippen molar-refractivity contribution < 1.29 is 29.2 Å². The van der Waals surface area contributed by atoms with E-state index in [2.05, 4.69) is 25.9 Å². The predicted octanol–water partition coefficient (Wildman–Crippen LogP) is 0.00180. The summed E-state index contributed by atoms with van der Waals surface area (Å²) in [6.07, 6.45) is -1.70. The van der Waals surface area contributed by atoms with E-state index in [4.69, 9.17) is 5.11 Å². The number of carbonyl (C=O) groups excluding carboxylic acids is 1. The molecule has 0 aliphatic heterocycles. The van der Waals surface area contributed by atoms with Gasteiger partial charge in [0.1, 0.15) is 6.54 Å². The average Bonchev–Trinajstić information content (AvgIpc) is 2.28. The molecule has 0 spiro atoms. The molecule has 0 heterocycles. The molecule has 1 rings (SSSR count). The number of nitrogens with zero attached hydrogens (tertiary/aromatic N) is 2. The molecule has 0 radical (unpaired) electrons. The van der Waals surface area contributed by atoms with Gasteiger partial charge in [-0.2, -0.15) is 0 Å². The fraction of sp³-hybridized carbons (Fsp3) is 0.417. The molecule has 0 aliphatic carbocycles. The molecule has 8 nitrogen and oxygen atoms in total. The fourth-order valence-electron chi connectivity index (χ4n) is 1.03. The van der Waals surface area contributed by atoms with Crippen molar-refractivity contribution in [1.82, 2.24) is 0 Å². The minimum absolute atomic E-state index is 0.00870. The van der Waals surface area contributed by atoms with Crippen LogP contribution in [-0.2, 0) is 0 Å². The van der Waals surface area contributed by atoms with Gasteiger partial charge in [-0.05, 0) is 12.1 Å². The van der Waals surface area contributed by atoms with E-state index in [9.17, 15) is 20.0 Å². The van der Waals surface area contributed by atoms with Gasteiger partial charge < -0.3 is 24.2 Å². The first-order chi connectivity index (χ1) is 9.15. The molecular formula is C12H18N2O6. The molecule has 0 amide bonds. The van der Waals surface area contributed by atoms with Crippen molar-refractivity contribution in [2.24, 2.45) is 0 Å². The van der Waals surface area contributed by atoms with Crippen LogP contribution in [0.3, 0.4) is 0 Å². The Bertz CT molecular complexity index is 438. The molecule has 1 aromatic carbocycles. The minimum Gasteiger partial charge on any atom is -0.514 e. The van der Waals surface area contributed by atoms with Crippen molar-refractivity contribution in [3.8, 4) is 5.75 Å². The summed E-state index contributed by atoms with van der Waals surface area (Å²) in [5.41, 5.74) is -0.134. The van der Waals surface area contributed by atoms with Crippen LogP contribution in [0.4, 0.5) is 10.5 Å². The largest absolute Gasteiger partial charge is 0.514 e. The van der Waals surface area contributed by atoms with Gasteiger partial charge in [-0.3, -0.25) is 10.1 Å². The maximum Gasteiger partial charge on any atom is 0.269 e. The first-order valence-corrected chi connectivity index (χ1v) is 5.70. The Morgan fingerprint density at radius 3 is 2.05 bits per heavy atom. The van der Waals surface area contributed by atoms with Crippen LogP contribution in [0.15, 0.2) is 24.3 Å². The van der Waals surface area contributed by atoms with E-state index >= 15 is 0 Å².